The second-order valence-corrected chi connectivity index (χ2v) is 8.32. The van der Waals surface area contributed by atoms with Crippen LogP contribution >= 0.6 is 0 Å². The van der Waals surface area contributed by atoms with Crippen LogP contribution in [0.2, 0.25) is 0 Å². The molecule has 0 bridgehead atoms. The molecule has 0 fully saturated rings. The van der Waals surface area contributed by atoms with E-state index in [1.807, 2.05) is 6.92 Å². The van der Waals surface area contributed by atoms with Crippen molar-refractivity contribution in [1.29, 1.82) is 0 Å². The highest BCUT2D eigenvalue weighted by atomic mass is 16.5. The molecule has 0 heterocycles. The molecule has 5 heteroatoms. The van der Waals surface area contributed by atoms with Gasteiger partial charge in [-0.15, -0.1) is 0 Å². The van der Waals surface area contributed by atoms with Crippen LogP contribution in [-0.4, -0.2) is 36.7 Å². The lowest BCUT2D eigenvalue weighted by Gasteiger charge is -2.33. The first-order valence-corrected chi connectivity index (χ1v) is 9.63. The molecular formula is C20H39NO4. The molecule has 0 saturated heterocycles. The number of aliphatic hydroxyl groups excluding tert-OH is 1. The summed E-state index contributed by atoms with van der Waals surface area (Å²) >= 11 is 0. The molecule has 0 aromatic carbocycles. The van der Waals surface area contributed by atoms with Crippen LogP contribution in [0.15, 0.2) is 0 Å². The van der Waals surface area contributed by atoms with Crippen molar-refractivity contribution in [3.8, 4) is 0 Å². The number of carbonyl (C=O) groups excluding carboxylic acids is 2. The molecule has 0 aliphatic rings. The summed E-state index contributed by atoms with van der Waals surface area (Å²) in [5.74, 6) is 0.185. The third kappa shape index (κ3) is 11.2. The maximum atomic E-state index is 12.4. The Morgan fingerprint density at radius 2 is 1.72 bits per heavy atom. The van der Waals surface area contributed by atoms with Crippen molar-refractivity contribution in [2.75, 3.05) is 13.7 Å². The lowest BCUT2D eigenvalue weighted by Crippen LogP contribution is -2.35. The number of rotatable bonds is 12. The molecule has 148 valence electrons. The van der Waals surface area contributed by atoms with Crippen LogP contribution in [0, 0.1) is 17.3 Å². The van der Waals surface area contributed by atoms with Crippen molar-refractivity contribution in [1.82, 2.24) is 5.32 Å². The fraction of sp³-hybridized carbons (Fsp3) is 0.900. The maximum absolute atomic E-state index is 12.4. The largest absolute Gasteiger partial charge is 0.462 e. The van der Waals surface area contributed by atoms with E-state index < -0.39 is 0 Å². The highest BCUT2D eigenvalue weighted by Crippen LogP contribution is 2.30. The van der Waals surface area contributed by atoms with E-state index in [0.717, 1.165) is 38.5 Å². The quantitative estimate of drug-likeness (QED) is 0.413. The lowest BCUT2D eigenvalue weighted by molar-refractivity contribution is -0.160. The number of nitrogens with one attached hydrogen (secondary N) is 1. The standard InChI is InChI=1S/C20H39NO4/c1-15(10-9-12-18(23)21-6)14-17(20(3,4)5)25-19(24)16(2)11-7-8-13-22/h15-17,22H,7-14H2,1-6H3,(H,21,23)/t15-,16-,17-/m1/s1. The molecule has 0 aromatic heterocycles. The van der Waals surface area contributed by atoms with E-state index in [4.69, 9.17) is 9.84 Å². The Morgan fingerprint density at radius 3 is 2.24 bits per heavy atom. The van der Waals surface area contributed by atoms with Gasteiger partial charge in [-0.3, -0.25) is 9.59 Å². The number of aliphatic hydroxyl groups is 1. The van der Waals surface area contributed by atoms with Gasteiger partial charge in [0.25, 0.3) is 0 Å². The van der Waals surface area contributed by atoms with Crippen LogP contribution in [0.1, 0.15) is 79.6 Å². The summed E-state index contributed by atoms with van der Waals surface area (Å²) < 4.78 is 5.85. The Kier molecular flexibility index (Phi) is 11.7. The molecule has 0 radical (unpaired) electrons. The minimum absolute atomic E-state index is 0.0719. The van der Waals surface area contributed by atoms with Gasteiger partial charge in [-0.25, -0.2) is 0 Å². The van der Waals surface area contributed by atoms with Gasteiger partial charge in [0.2, 0.25) is 5.91 Å². The number of esters is 1. The van der Waals surface area contributed by atoms with Crippen LogP contribution < -0.4 is 5.32 Å². The Bertz CT molecular complexity index is 390. The molecular weight excluding hydrogens is 318 g/mol. The van der Waals surface area contributed by atoms with Crippen LogP contribution in [0.3, 0.4) is 0 Å². The van der Waals surface area contributed by atoms with Gasteiger partial charge < -0.3 is 15.2 Å². The highest BCUT2D eigenvalue weighted by Gasteiger charge is 2.31. The van der Waals surface area contributed by atoms with Gasteiger partial charge in [0, 0.05) is 20.1 Å². The molecule has 0 aliphatic carbocycles. The molecule has 0 unspecified atom stereocenters. The van der Waals surface area contributed by atoms with Crippen molar-refractivity contribution < 1.29 is 19.4 Å². The highest BCUT2D eigenvalue weighted by molar-refractivity contribution is 5.75. The molecule has 0 aliphatic heterocycles. The van der Waals surface area contributed by atoms with Gasteiger partial charge in [0.05, 0.1) is 5.92 Å². The minimum atomic E-state index is -0.143. The van der Waals surface area contributed by atoms with E-state index >= 15 is 0 Å². The molecule has 25 heavy (non-hydrogen) atoms. The molecule has 3 atom stereocenters. The maximum Gasteiger partial charge on any atom is 0.308 e. The predicted octanol–water partition coefficient (Wildman–Crippen LogP) is 3.69. The van der Waals surface area contributed by atoms with Gasteiger partial charge >= 0.3 is 5.97 Å². The number of ether oxygens (including phenoxy) is 1. The monoisotopic (exact) mass is 357 g/mol. The summed E-state index contributed by atoms with van der Waals surface area (Å²) in [7, 11) is 1.66. The fourth-order valence-electron chi connectivity index (χ4n) is 2.73. The third-order valence-corrected chi connectivity index (χ3v) is 4.67. The predicted molar refractivity (Wildman–Crippen MR) is 101 cm³/mol. The first-order valence-electron chi connectivity index (χ1n) is 9.63. The molecule has 0 aromatic rings. The number of amides is 1. The zero-order valence-electron chi connectivity index (χ0n) is 17.1. The lowest BCUT2D eigenvalue weighted by atomic mass is 9.82. The molecule has 0 saturated carbocycles. The van der Waals surface area contributed by atoms with Crippen LogP contribution in [0.5, 0.6) is 0 Å². The first kappa shape index (κ1) is 23.9. The van der Waals surface area contributed by atoms with Crippen molar-refractivity contribution in [3.05, 3.63) is 0 Å². The normalized spacial score (nSPS) is 15.3. The number of hydrogen-bond donors (Lipinski definition) is 2. The van der Waals surface area contributed by atoms with E-state index in [-0.39, 0.29) is 35.9 Å². The topological polar surface area (TPSA) is 75.6 Å². The third-order valence-electron chi connectivity index (χ3n) is 4.67. The minimum Gasteiger partial charge on any atom is -0.462 e. The molecule has 0 spiro atoms. The van der Waals surface area contributed by atoms with Crippen LogP contribution in [0.25, 0.3) is 0 Å². The van der Waals surface area contributed by atoms with E-state index in [1.165, 1.54) is 0 Å². The Balaban J connectivity index is 4.50. The summed E-state index contributed by atoms with van der Waals surface area (Å²) in [5.41, 5.74) is -0.116. The fourth-order valence-corrected chi connectivity index (χ4v) is 2.73. The van der Waals surface area contributed by atoms with Crippen molar-refractivity contribution in [2.45, 2.75) is 85.7 Å². The van der Waals surface area contributed by atoms with E-state index in [9.17, 15) is 9.59 Å². The average molecular weight is 358 g/mol. The first-order chi connectivity index (χ1) is 11.6. The van der Waals surface area contributed by atoms with Gasteiger partial charge in [0.15, 0.2) is 0 Å². The van der Waals surface area contributed by atoms with E-state index in [0.29, 0.717) is 12.3 Å². The summed E-state index contributed by atoms with van der Waals surface area (Å²) in [4.78, 5) is 23.7. The summed E-state index contributed by atoms with van der Waals surface area (Å²) in [6.07, 6.45) is 5.33. The second-order valence-electron chi connectivity index (χ2n) is 8.32. The van der Waals surface area contributed by atoms with Gasteiger partial charge in [-0.2, -0.15) is 0 Å². The molecule has 2 N–H and O–H groups in total. The molecule has 0 rings (SSSR count). The van der Waals surface area contributed by atoms with Crippen molar-refractivity contribution in [3.63, 3.8) is 0 Å². The summed E-state index contributed by atoms with van der Waals surface area (Å²) in [6.45, 7) is 10.5. The van der Waals surface area contributed by atoms with E-state index in [1.54, 1.807) is 7.05 Å². The Hall–Kier alpha value is -1.10. The SMILES string of the molecule is CNC(=O)CCC[C@@H](C)C[C@@H](OC(=O)[C@H](C)CCCCO)C(C)(C)C. The summed E-state index contributed by atoms with van der Waals surface area (Å²) in [6, 6.07) is 0. The van der Waals surface area contributed by atoms with Gasteiger partial charge in [-0.05, 0) is 37.0 Å². The zero-order chi connectivity index (χ0) is 19.5. The van der Waals surface area contributed by atoms with Crippen LogP contribution in [0.4, 0.5) is 0 Å². The Morgan fingerprint density at radius 1 is 1.08 bits per heavy atom. The summed E-state index contributed by atoms with van der Waals surface area (Å²) in [5, 5.41) is 11.5. The second kappa shape index (κ2) is 12.3. The van der Waals surface area contributed by atoms with Gasteiger partial charge in [-0.1, -0.05) is 47.5 Å². The van der Waals surface area contributed by atoms with Crippen molar-refractivity contribution in [2.24, 2.45) is 17.3 Å². The Labute approximate surface area is 153 Å². The molecule has 5 nitrogen and oxygen atoms in total. The number of unbranched alkanes of at least 4 members (excludes halogenated alkanes) is 1. The van der Waals surface area contributed by atoms with Gasteiger partial charge in [0.1, 0.15) is 6.10 Å². The smallest absolute Gasteiger partial charge is 0.308 e. The number of carbonyl (C=O) groups is 2. The van der Waals surface area contributed by atoms with E-state index in [2.05, 4.69) is 33.0 Å². The molecule has 1 amide bonds. The number of hydrogen-bond acceptors (Lipinski definition) is 4. The zero-order valence-corrected chi connectivity index (χ0v) is 17.1. The van der Waals surface area contributed by atoms with Crippen molar-refractivity contribution >= 4 is 11.9 Å². The van der Waals surface area contributed by atoms with Crippen LogP contribution in [-0.2, 0) is 14.3 Å². The average Bonchev–Trinajstić information content (AvgIpc) is 2.53.